The van der Waals surface area contributed by atoms with E-state index in [0.29, 0.717) is 22.5 Å². The third-order valence-corrected chi connectivity index (χ3v) is 5.30. The van der Waals surface area contributed by atoms with Crippen LogP contribution in [0.1, 0.15) is 17.3 Å². The van der Waals surface area contributed by atoms with Crippen LogP contribution in [-0.4, -0.2) is 58.1 Å². The number of amides is 3. The summed E-state index contributed by atoms with van der Waals surface area (Å²) in [5, 5.41) is 17.2. The Morgan fingerprint density at radius 3 is 2.49 bits per heavy atom. The summed E-state index contributed by atoms with van der Waals surface area (Å²) >= 11 is 0. The summed E-state index contributed by atoms with van der Waals surface area (Å²) in [4.78, 5) is 63.5. The molecule has 13 heteroatoms. The lowest BCUT2D eigenvalue weighted by Crippen LogP contribution is -2.61. The number of carbonyl (C=O) groups is 4. The Labute approximate surface area is 196 Å². The van der Waals surface area contributed by atoms with Crippen LogP contribution in [0, 0.1) is 0 Å². The smallest absolute Gasteiger partial charge is 0.439 e. The molecular formula is C22H19N5O8. The van der Waals surface area contributed by atoms with E-state index in [1.165, 1.54) is 37.1 Å². The number of carboxylic acids is 1. The fourth-order valence-corrected chi connectivity index (χ4v) is 3.45. The number of aromatic nitrogens is 2. The van der Waals surface area contributed by atoms with E-state index in [1.807, 2.05) is 0 Å². The van der Waals surface area contributed by atoms with Crippen molar-refractivity contribution in [3.63, 3.8) is 0 Å². The van der Waals surface area contributed by atoms with Crippen molar-refractivity contribution in [1.29, 1.82) is 0 Å². The number of likely N-dealkylation sites (N-methyl/N-ethyl adjacent to an activating group) is 1. The molecule has 1 aliphatic heterocycles. The minimum atomic E-state index is -2.00. The number of nitrogens with zero attached hydrogens (tertiary/aromatic N) is 2. The summed E-state index contributed by atoms with van der Waals surface area (Å²) in [6, 6.07) is 10.8. The molecule has 0 fully saturated rings. The molecule has 0 spiro atoms. The molecule has 0 bridgehead atoms. The predicted octanol–water partition coefficient (Wildman–Crippen LogP) is 0.597. The number of aromatic amines is 1. The number of hydrogen-bond donors (Lipinski definition) is 4. The molecule has 13 nitrogen and oxygen atoms in total. The van der Waals surface area contributed by atoms with Crippen LogP contribution < -0.4 is 26.0 Å². The molecule has 1 atom stereocenters. The fourth-order valence-electron chi connectivity index (χ4n) is 3.45. The highest BCUT2D eigenvalue weighted by molar-refractivity contribution is 6.16. The van der Waals surface area contributed by atoms with Crippen molar-refractivity contribution >= 4 is 35.1 Å². The molecule has 35 heavy (non-hydrogen) atoms. The van der Waals surface area contributed by atoms with Crippen molar-refractivity contribution < 1.29 is 33.5 Å². The lowest BCUT2D eigenvalue weighted by Gasteiger charge is -2.37. The van der Waals surface area contributed by atoms with Crippen LogP contribution in [0.4, 0.5) is 11.4 Å². The molecule has 0 radical (unpaired) electrons. The zero-order chi connectivity index (χ0) is 25.3. The van der Waals surface area contributed by atoms with Gasteiger partial charge in [0.15, 0.2) is 5.82 Å². The van der Waals surface area contributed by atoms with E-state index in [-0.39, 0.29) is 11.6 Å². The molecule has 1 aromatic heterocycles. The lowest BCUT2D eigenvalue weighted by molar-refractivity contribution is -0.150. The molecule has 2 aromatic carbocycles. The molecule has 1 unspecified atom stereocenters. The normalized spacial score (nSPS) is 16.7. The van der Waals surface area contributed by atoms with Crippen molar-refractivity contribution in [2.75, 3.05) is 23.8 Å². The summed E-state index contributed by atoms with van der Waals surface area (Å²) < 4.78 is 10.2. The quantitative estimate of drug-likeness (QED) is 0.366. The van der Waals surface area contributed by atoms with Gasteiger partial charge in [0.05, 0.1) is 5.69 Å². The van der Waals surface area contributed by atoms with Crippen LogP contribution in [0.5, 0.6) is 5.75 Å². The SMILES string of the molecule is CN1C(=O)C(C)(C(=O)NCC(=O)O)Oc2cc(NC(=O)c3ccc(-c4noc(=O)[nH]4)cc3)ccc21. The number of nitrogens with one attached hydrogen (secondary N) is 3. The maximum atomic E-state index is 12.8. The van der Waals surface area contributed by atoms with E-state index in [1.54, 1.807) is 24.3 Å². The monoisotopic (exact) mass is 481 g/mol. The molecule has 0 aliphatic carbocycles. The van der Waals surface area contributed by atoms with Crippen molar-refractivity contribution in [2.45, 2.75) is 12.5 Å². The van der Waals surface area contributed by atoms with Crippen molar-refractivity contribution in [1.82, 2.24) is 15.5 Å². The average Bonchev–Trinajstić information content (AvgIpc) is 3.27. The third kappa shape index (κ3) is 4.46. The Bertz CT molecular complexity index is 1390. The number of benzene rings is 2. The molecule has 0 saturated heterocycles. The second kappa shape index (κ2) is 8.78. The summed E-state index contributed by atoms with van der Waals surface area (Å²) in [5.41, 5.74) is -0.457. The average molecular weight is 481 g/mol. The van der Waals surface area contributed by atoms with Crippen LogP contribution in [-0.2, 0) is 14.4 Å². The number of anilines is 2. The van der Waals surface area contributed by atoms with E-state index in [2.05, 4.69) is 25.3 Å². The van der Waals surface area contributed by atoms with Crippen molar-refractivity contribution in [3.05, 3.63) is 58.6 Å². The number of aliphatic carboxylic acids is 1. The summed E-state index contributed by atoms with van der Waals surface area (Å²) in [6.45, 7) is 0.560. The summed E-state index contributed by atoms with van der Waals surface area (Å²) in [6.07, 6.45) is 0. The molecule has 4 rings (SSSR count). The first kappa shape index (κ1) is 23.2. The van der Waals surface area contributed by atoms with Gasteiger partial charge in [0.25, 0.3) is 23.3 Å². The van der Waals surface area contributed by atoms with Crippen molar-refractivity contribution in [3.8, 4) is 17.1 Å². The summed E-state index contributed by atoms with van der Waals surface area (Å²) in [5.74, 6) is -3.65. The van der Waals surface area contributed by atoms with Gasteiger partial charge in [-0.1, -0.05) is 17.3 Å². The second-order valence-corrected chi connectivity index (χ2v) is 7.73. The third-order valence-electron chi connectivity index (χ3n) is 5.30. The number of ether oxygens (including phenoxy) is 1. The molecule has 0 saturated carbocycles. The molecular weight excluding hydrogens is 462 g/mol. The molecule has 3 amide bonds. The molecule has 1 aliphatic rings. The number of hydrogen-bond acceptors (Lipinski definition) is 8. The lowest BCUT2D eigenvalue weighted by atomic mass is 10.00. The second-order valence-electron chi connectivity index (χ2n) is 7.73. The van der Waals surface area contributed by atoms with Gasteiger partial charge in [-0.3, -0.25) is 28.7 Å². The fraction of sp³-hybridized carbons (Fsp3) is 0.182. The van der Waals surface area contributed by atoms with Gasteiger partial charge in [0.1, 0.15) is 12.3 Å². The van der Waals surface area contributed by atoms with Gasteiger partial charge in [-0.2, -0.15) is 0 Å². The number of H-pyrrole nitrogens is 1. The van der Waals surface area contributed by atoms with E-state index in [4.69, 9.17) is 9.84 Å². The number of carboxylic acid groups (broad SMARTS) is 1. The van der Waals surface area contributed by atoms with Gasteiger partial charge in [0, 0.05) is 29.9 Å². The van der Waals surface area contributed by atoms with E-state index < -0.39 is 41.6 Å². The maximum Gasteiger partial charge on any atom is 0.439 e. The predicted molar refractivity (Wildman–Crippen MR) is 120 cm³/mol. The number of rotatable bonds is 6. The Morgan fingerprint density at radius 1 is 1.14 bits per heavy atom. The minimum absolute atomic E-state index is 0.142. The first-order valence-electron chi connectivity index (χ1n) is 10.2. The topological polar surface area (TPSA) is 184 Å². The highest BCUT2D eigenvalue weighted by Gasteiger charge is 2.49. The van der Waals surface area contributed by atoms with Gasteiger partial charge in [-0.05, 0) is 31.2 Å². The minimum Gasteiger partial charge on any atom is -0.480 e. The highest BCUT2D eigenvalue weighted by atomic mass is 16.5. The van der Waals surface area contributed by atoms with Crippen LogP contribution in [0.25, 0.3) is 11.4 Å². The van der Waals surface area contributed by atoms with Gasteiger partial charge >= 0.3 is 11.7 Å². The number of carbonyl (C=O) groups excluding carboxylic acids is 3. The van der Waals surface area contributed by atoms with E-state index >= 15 is 0 Å². The van der Waals surface area contributed by atoms with Gasteiger partial charge < -0.3 is 25.4 Å². The van der Waals surface area contributed by atoms with Crippen LogP contribution in [0.2, 0.25) is 0 Å². The summed E-state index contributed by atoms with van der Waals surface area (Å²) in [7, 11) is 1.45. The van der Waals surface area contributed by atoms with Gasteiger partial charge in [-0.25, -0.2) is 4.79 Å². The highest BCUT2D eigenvalue weighted by Crippen LogP contribution is 2.39. The Morgan fingerprint density at radius 2 is 1.86 bits per heavy atom. The molecule has 180 valence electrons. The standard InChI is InChI=1S/C22H19N5O8/c1-22(19(31)23-10-16(28)29)20(32)27(2)14-8-7-13(9-15(14)34-22)24-18(30)12-5-3-11(4-6-12)17-25-21(33)35-26-17/h3-9H,10H2,1-2H3,(H,23,31)(H,24,30)(H,28,29)(H,25,26,33). The van der Waals surface area contributed by atoms with Gasteiger partial charge in [-0.15, -0.1) is 0 Å². The Hall–Kier alpha value is -4.94. The van der Waals surface area contributed by atoms with Crippen molar-refractivity contribution in [2.24, 2.45) is 0 Å². The maximum absolute atomic E-state index is 12.8. The first-order valence-corrected chi connectivity index (χ1v) is 10.2. The zero-order valence-corrected chi connectivity index (χ0v) is 18.4. The first-order chi connectivity index (χ1) is 16.6. The van der Waals surface area contributed by atoms with Crippen LogP contribution in [0.3, 0.4) is 0 Å². The molecule has 4 N–H and O–H groups in total. The van der Waals surface area contributed by atoms with Gasteiger partial charge in [0.2, 0.25) is 0 Å². The largest absolute Gasteiger partial charge is 0.480 e. The number of fused-ring (bicyclic) bond motifs is 1. The Balaban J connectivity index is 1.53. The van der Waals surface area contributed by atoms with Crippen LogP contribution in [0.15, 0.2) is 51.8 Å². The molecule has 3 aromatic rings. The van der Waals surface area contributed by atoms with E-state index in [0.717, 1.165) is 0 Å². The molecule has 2 heterocycles. The van der Waals surface area contributed by atoms with Crippen LogP contribution >= 0.6 is 0 Å². The Kier molecular flexibility index (Phi) is 5.82. The zero-order valence-electron chi connectivity index (χ0n) is 18.4. The van der Waals surface area contributed by atoms with E-state index in [9.17, 15) is 24.0 Å².